The van der Waals surface area contributed by atoms with E-state index in [2.05, 4.69) is 27.5 Å². The summed E-state index contributed by atoms with van der Waals surface area (Å²) in [5, 5.41) is 6.72. The number of carbonyl (C=O) groups excluding carboxylic acids is 1. The number of rotatable bonds is 8. The number of aromatic nitrogens is 1. The summed E-state index contributed by atoms with van der Waals surface area (Å²) in [5.41, 5.74) is 1.57. The van der Waals surface area contributed by atoms with Gasteiger partial charge in [0.15, 0.2) is 5.76 Å². The minimum absolute atomic E-state index is 0.0956. The summed E-state index contributed by atoms with van der Waals surface area (Å²) < 4.78 is 32.5. The van der Waals surface area contributed by atoms with Gasteiger partial charge in [-0.05, 0) is 39.3 Å². The molecule has 0 radical (unpaired) electrons. The van der Waals surface area contributed by atoms with Crippen molar-refractivity contribution in [2.75, 3.05) is 33.2 Å². The third-order valence-corrected chi connectivity index (χ3v) is 7.52. The second-order valence-electron chi connectivity index (χ2n) is 7.87. The molecule has 0 saturated carbocycles. The second kappa shape index (κ2) is 9.72. The number of carbonyl (C=O) groups is 1. The molecule has 1 atom stereocenters. The highest BCUT2D eigenvalue weighted by atomic mass is 32.2. The first-order valence-corrected chi connectivity index (χ1v) is 11.7. The Morgan fingerprint density at radius 2 is 2.03 bits per heavy atom. The maximum Gasteiger partial charge on any atom is 0.248 e. The van der Waals surface area contributed by atoms with Gasteiger partial charge in [-0.3, -0.25) is 4.79 Å². The van der Waals surface area contributed by atoms with E-state index in [0.29, 0.717) is 38.2 Å². The van der Waals surface area contributed by atoms with Crippen LogP contribution in [0.15, 0.2) is 39.8 Å². The molecule has 1 unspecified atom stereocenters. The van der Waals surface area contributed by atoms with Crippen molar-refractivity contribution in [2.45, 2.75) is 38.1 Å². The number of amides is 1. The van der Waals surface area contributed by atoms with Crippen molar-refractivity contribution in [3.8, 4) is 0 Å². The van der Waals surface area contributed by atoms with E-state index in [0.717, 1.165) is 6.54 Å². The topological polar surface area (TPSA) is 95.8 Å². The maximum atomic E-state index is 13.0. The van der Waals surface area contributed by atoms with Crippen LogP contribution in [0.2, 0.25) is 0 Å². The molecular weight excluding hydrogens is 404 g/mol. The summed E-state index contributed by atoms with van der Waals surface area (Å²) in [4.78, 5) is 14.9. The second-order valence-corrected chi connectivity index (χ2v) is 9.74. The predicted octanol–water partition coefficient (Wildman–Crippen LogP) is 1.94. The Hall–Kier alpha value is -2.23. The van der Waals surface area contributed by atoms with Crippen LogP contribution >= 0.6 is 0 Å². The number of piperidine rings is 1. The first kappa shape index (κ1) is 22.5. The smallest absolute Gasteiger partial charge is 0.248 e. The van der Waals surface area contributed by atoms with Crippen LogP contribution in [0.3, 0.4) is 0 Å². The Labute approximate surface area is 178 Å². The van der Waals surface area contributed by atoms with Crippen LogP contribution in [0.25, 0.3) is 0 Å². The molecule has 1 aliphatic heterocycles. The summed E-state index contributed by atoms with van der Waals surface area (Å²) in [6.07, 6.45) is 1.33. The van der Waals surface area contributed by atoms with Gasteiger partial charge in [0.2, 0.25) is 15.9 Å². The lowest BCUT2D eigenvalue weighted by atomic mass is 9.99. The molecular formula is C21H30N4O4S. The van der Waals surface area contributed by atoms with Crippen LogP contribution < -0.4 is 5.32 Å². The standard InChI is InChI=1S/C21H30N4O4S/c1-16-20(17(2)29-23-16)30(27,28)25-12-7-10-19(15-25)21(26)22-11-13-24(3)14-18-8-5-4-6-9-18/h4-6,8-9,19H,7,10-15H2,1-3H3,(H,22,26). The van der Waals surface area contributed by atoms with Gasteiger partial charge in [0.1, 0.15) is 10.6 Å². The number of nitrogens with one attached hydrogen (secondary N) is 1. The molecule has 1 aromatic carbocycles. The van der Waals surface area contributed by atoms with Gasteiger partial charge < -0.3 is 14.7 Å². The summed E-state index contributed by atoms with van der Waals surface area (Å²) in [5.74, 6) is -0.171. The Bertz CT molecular complexity index is 939. The average Bonchev–Trinajstić information content (AvgIpc) is 3.07. The quantitative estimate of drug-likeness (QED) is 0.682. The van der Waals surface area contributed by atoms with E-state index in [4.69, 9.17) is 4.52 Å². The van der Waals surface area contributed by atoms with E-state index in [1.165, 1.54) is 9.87 Å². The Morgan fingerprint density at radius 1 is 1.30 bits per heavy atom. The fourth-order valence-corrected chi connectivity index (χ4v) is 5.65. The van der Waals surface area contributed by atoms with E-state index in [9.17, 15) is 13.2 Å². The van der Waals surface area contributed by atoms with Crippen molar-refractivity contribution in [3.63, 3.8) is 0 Å². The summed E-state index contributed by atoms with van der Waals surface area (Å²) in [6, 6.07) is 10.2. The zero-order valence-electron chi connectivity index (χ0n) is 17.8. The molecule has 8 nitrogen and oxygen atoms in total. The third kappa shape index (κ3) is 5.27. The van der Waals surface area contributed by atoms with Crippen molar-refractivity contribution < 1.29 is 17.7 Å². The molecule has 164 valence electrons. The van der Waals surface area contributed by atoms with Gasteiger partial charge in [-0.25, -0.2) is 8.42 Å². The first-order chi connectivity index (χ1) is 14.3. The zero-order chi connectivity index (χ0) is 21.7. The van der Waals surface area contributed by atoms with Gasteiger partial charge in [0, 0.05) is 32.7 Å². The van der Waals surface area contributed by atoms with Crippen LogP contribution in [-0.4, -0.2) is 61.9 Å². The van der Waals surface area contributed by atoms with Crippen molar-refractivity contribution >= 4 is 15.9 Å². The number of hydrogen-bond donors (Lipinski definition) is 1. The van der Waals surface area contributed by atoms with Crippen LogP contribution in [0, 0.1) is 19.8 Å². The lowest BCUT2D eigenvalue weighted by Gasteiger charge is -2.31. The maximum absolute atomic E-state index is 13.0. The predicted molar refractivity (Wildman–Crippen MR) is 113 cm³/mol. The molecule has 1 aromatic heterocycles. The van der Waals surface area contributed by atoms with Gasteiger partial charge in [-0.2, -0.15) is 4.31 Å². The van der Waals surface area contributed by atoms with E-state index >= 15 is 0 Å². The van der Waals surface area contributed by atoms with Crippen molar-refractivity contribution in [3.05, 3.63) is 47.3 Å². The molecule has 0 bridgehead atoms. The molecule has 1 saturated heterocycles. The van der Waals surface area contributed by atoms with Crippen LogP contribution in [-0.2, 0) is 21.4 Å². The normalized spacial score (nSPS) is 17.9. The lowest BCUT2D eigenvalue weighted by molar-refractivity contribution is -0.126. The minimum Gasteiger partial charge on any atom is -0.360 e. The highest BCUT2D eigenvalue weighted by Crippen LogP contribution is 2.27. The molecule has 3 rings (SSSR count). The molecule has 0 aliphatic carbocycles. The molecule has 2 heterocycles. The van der Waals surface area contributed by atoms with Gasteiger partial charge >= 0.3 is 0 Å². The Kier molecular flexibility index (Phi) is 7.27. The first-order valence-electron chi connectivity index (χ1n) is 10.2. The number of likely N-dealkylation sites (N-methyl/N-ethyl adjacent to an activating group) is 1. The number of aryl methyl sites for hydroxylation is 2. The van der Waals surface area contributed by atoms with Crippen molar-refractivity contribution in [1.29, 1.82) is 0 Å². The molecule has 2 aromatic rings. The van der Waals surface area contributed by atoms with Crippen LogP contribution in [0.1, 0.15) is 29.9 Å². The number of nitrogens with zero attached hydrogens (tertiary/aromatic N) is 3. The Balaban J connectivity index is 1.52. The molecule has 0 spiro atoms. The summed E-state index contributed by atoms with van der Waals surface area (Å²) >= 11 is 0. The minimum atomic E-state index is -3.73. The summed E-state index contributed by atoms with van der Waals surface area (Å²) in [7, 11) is -1.71. The monoisotopic (exact) mass is 434 g/mol. The zero-order valence-corrected chi connectivity index (χ0v) is 18.6. The number of sulfonamides is 1. The number of benzene rings is 1. The highest BCUT2D eigenvalue weighted by Gasteiger charge is 2.36. The van der Waals surface area contributed by atoms with Crippen molar-refractivity contribution in [1.82, 2.24) is 19.7 Å². The van der Waals surface area contributed by atoms with E-state index in [1.807, 2.05) is 25.2 Å². The molecule has 1 aliphatic rings. The highest BCUT2D eigenvalue weighted by molar-refractivity contribution is 7.89. The van der Waals surface area contributed by atoms with Crippen LogP contribution in [0.4, 0.5) is 0 Å². The fraction of sp³-hybridized carbons (Fsp3) is 0.524. The van der Waals surface area contributed by atoms with Crippen molar-refractivity contribution in [2.24, 2.45) is 5.92 Å². The average molecular weight is 435 g/mol. The SMILES string of the molecule is Cc1noc(C)c1S(=O)(=O)N1CCCC(C(=O)NCCN(C)Cc2ccccc2)C1. The molecule has 1 amide bonds. The van der Waals surface area contributed by atoms with Crippen LogP contribution in [0.5, 0.6) is 0 Å². The van der Waals surface area contributed by atoms with E-state index in [1.54, 1.807) is 13.8 Å². The fourth-order valence-electron chi connectivity index (χ4n) is 3.84. The third-order valence-electron chi connectivity index (χ3n) is 5.41. The number of hydrogen-bond acceptors (Lipinski definition) is 6. The molecule has 1 fully saturated rings. The molecule has 9 heteroatoms. The molecule has 30 heavy (non-hydrogen) atoms. The van der Waals surface area contributed by atoms with Gasteiger partial charge in [-0.15, -0.1) is 0 Å². The van der Waals surface area contributed by atoms with Gasteiger partial charge in [0.25, 0.3) is 0 Å². The van der Waals surface area contributed by atoms with Gasteiger partial charge in [-0.1, -0.05) is 35.5 Å². The Morgan fingerprint density at radius 3 is 2.70 bits per heavy atom. The summed E-state index contributed by atoms with van der Waals surface area (Å²) in [6.45, 7) is 5.83. The van der Waals surface area contributed by atoms with E-state index < -0.39 is 10.0 Å². The largest absolute Gasteiger partial charge is 0.360 e. The van der Waals surface area contributed by atoms with Gasteiger partial charge in [0.05, 0.1) is 5.92 Å². The lowest BCUT2D eigenvalue weighted by Crippen LogP contribution is -2.46. The molecule has 1 N–H and O–H groups in total. The van der Waals surface area contributed by atoms with E-state index in [-0.39, 0.29) is 29.0 Å².